The van der Waals surface area contributed by atoms with Crippen molar-refractivity contribution in [3.05, 3.63) is 0 Å². The number of nitrogens with zero attached hydrogens (tertiary/aromatic N) is 1. The molecule has 90 valence electrons. The highest BCUT2D eigenvalue weighted by molar-refractivity contribution is 4.77. The Morgan fingerprint density at radius 1 is 1.47 bits per heavy atom. The molecule has 0 aliphatic carbocycles. The normalized spacial score (nSPS) is 25.4. The minimum atomic E-state index is -0.0331. The molecule has 0 aromatic carbocycles. The molecule has 1 rings (SSSR count). The molecule has 2 unspecified atom stereocenters. The Hall–Kier alpha value is -0.120. The summed E-state index contributed by atoms with van der Waals surface area (Å²) in [7, 11) is 0. The van der Waals surface area contributed by atoms with Crippen LogP contribution in [0.15, 0.2) is 0 Å². The van der Waals surface area contributed by atoms with Gasteiger partial charge in [-0.05, 0) is 38.8 Å². The quantitative estimate of drug-likeness (QED) is 0.702. The zero-order chi connectivity index (χ0) is 11.1. The first kappa shape index (κ1) is 12.9. The summed E-state index contributed by atoms with van der Waals surface area (Å²) in [6, 6.07) is 0.740. The third-order valence-corrected chi connectivity index (χ3v) is 3.39. The van der Waals surface area contributed by atoms with E-state index in [4.69, 9.17) is 10.8 Å². The zero-order valence-electron chi connectivity index (χ0n) is 9.99. The second kappa shape index (κ2) is 7.20. The summed E-state index contributed by atoms with van der Waals surface area (Å²) in [5, 5.41) is 8.89. The molecule has 0 saturated carbocycles. The molecule has 3 heteroatoms. The fourth-order valence-electron chi connectivity index (χ4n) is 2.44. The van der Waals surface area contributed by atoms with Gasteiger partial charge in [-0.25, -0.2) is 0 Å². The summed E-state index contributed by atoms with van der Waals surface area (Å²) < 4.78 is 0. The summed E-state index contributed by atoms with van der Waals surface area (Å²) in [5.41, 5.74) is 5.73. The van der Waals surface area contributed by atoms with Gasteiger partial charge in [-0.1, -0.05) is 19.8 Å². The number of aliphatic hydroxyl groups excluding tert-OH is 1. The molecule has 0 radical (unpaired) electrons. The molecule has 0 amide bonds. The molecule has 1 aliphatic heterocycles. The molecule has 0 spiro atoms. The van der Waals surface area contributed by atoms with Crippen LogP contribution in [-0.2, 0) is 0 Å². The Balaban J connectivity index is 2.28. The van der Waals surface area contributed by atoms with Gasteiger partial charge >= 0.3 is 0 Å². The third-order valence-electron chi connectivity index (χ3n) is 3.39. The van der Waals surface area contributed by atoms with E-state index < -0.39 is 0 Å². The lowest BCUT2D eigenvalue weighted by Crippen LogP contribution is -2.42. The van der Waals surface area contributed by atoms with Crippen LogP contribution in [0.2, 0.25) is 0 Å². The van der Waals surface area contributed by atoms with Gasteiger partial charge in [-0.3, -0.25) is 0 Å². The van der Waals surface area contributed by atoms with Crippen molar-refractivity contribution in [3.63, 3.8) is 0 Å². The Kier molecular flexibility index (Phi) is 6.22. The first-order chi connectivity index (χ1) is 7.27. The van der Waals surface area contributed by atoms with Crippen molar-refractivity contribution in [2.75, 3.05) is 19.7 Å². The zero-order valence-corrected chi connectivity index (χ0v) is 9.99. The van der Waals surface area contributed by atoms with Crippen LogP contribution >= 0.6 is 0 Å². The predicted octanol–water partition coefficient (Wildman–Crippen LogP) is 1.35. The van der Waals surface area contributed by atoms with Crippen LogP contribution in [0.3, 0.4) is 0 Å². The van der Waals surface area contributed by atoms with Crippen LogP contribution in [0.25, 0.3) is 0 Å². The average Bonchev–Trinajstić information content (AvgIpc) is 2.28. The van der Waals surface area contributed by atoms with Crippen molar-refractivity contribution in [3.8, 4) is 0 Å². The molecule has 15 heavy (non-hydrogen) atoms. The van der Waals surface area contributed by atoms with E-state index in [0.717, 1.165) is 19.0 Å². The SMILES string of the molecule is CCCC1CCCCN1CCC(N)CO. The van der Waals surface area contributed by atoms with Crippen LogP contribution < -0.4 is 5.73 Å². The molecule has 0 bridgehead atoms. The van der Waals surface area contributed by atoms with E-state index in [1.165, 1.54) is 38.6 Å². The first-order valence-electron chi connectivity index (χ1n) is 6.38. The Bertz CT molecular complexity index is 162. The highest BCUT2D eigenvalue weighted by atomic mass is 16.3. The van der Waals surface area contributed by atoms with E-state index in [9.17, 15) is 0 Å². The lowest BCUT2D eigenvalue weighted by molar-refractivity contribution is 0.130. The van der Waals surface area contributed by atoms with Gasteiger partial charge < -0.3 is 15.7 Å². The summed E-state index contributed by atoms with van der Waals surface area (Å²) in [6.45, 7) is 4.66. The lowest BCUT2D eigenvalue weighted by atomic mass is 9.98. The van der Waals surface area contributed by atoms with Crippen molar-refractivity contribution in [2.45, 2.75) is 57.5 Å². The van der Waals surface area contributed by atoms with E-state index in [0.29, 0.717) is 0 Å². The number of aliphatic hydroxyl groups is 1. The molecule has 1 aliphatic rings. The Morgan fingerprint density at radius 2 is 2.27 bits per heavy atom. The summed E-state index contributed by atoms with van der Waals surface area (Å²) in [5.74, 6) is 0. The van der Waals surface area contributed by atoms with E-state index >= 15 is 0 Å². The molecular formula is C12H26N2O. The topological polar surface area (TPSA) is 49.5 Å². The van der Waals surface area contributed by atoms with Crippen molar-refractivity contribution in [2.24, 2.45) is 5.73 Å². The largest absolute Gasteiger partial charge is 0.395 e. The van der Waals surface area contributed by atoms with Crippen molar-refractivity contribution >= 4 is 0 Å². The molecule has 0 aromatic rings. The fourth-order valence-corrected chi connectivity index (χ4v) is 2.44. The van der Waals surface area contributed by atoms with Gasteiger partial charge in [-0.2, -0.15) is 0 Å². The summed E-state index contributed by atoms with van der Waals surface area (Å²) >= 11 is 0. The maximum atomic E-state index is 8.89. The Labute approximate surface area is 93.6 Å². The van der Waals surface area contributed by atoms with E-state index in [-0.39, 0.29) is 12.6 Å². The number of nitrogens with two attached hydrogens (primary N) is 1. The number of piperidine rings is 1. The molecule has 1 heterocycles. The van der Waals surface area contributed by atoms with E-state index in [1.807, 2.05) is 0 Å². The fraction of sp³-hybridized carbons (Fsp3) is 1.00. The maximum absolute atomic E-state index is 8.89. The molecule has 2 atom stereocenters. The van der Waals surface area contributed by atoms with Gasteiger partial charge in [0.05, 0.1) is 6.61 Å². The standard InChI is InChI=1S/C12H26N2O/c1-2-5-12-6-3-4-8-14(12)9-7-11(13)10-15/h11-12,15H,2-10,13H2,1H3. The highest BCUT2D eigenvalue weighted by Crippen LogP contribution is 2.20. The average molecular weight is 214 g/mol. The highest BCUT2D eigenvalue weighted by Gasteiger charge is 2.21. The van der Waals surface area contributed by atoms with Crippen LogP contribution in [0, 0.1) is 0 Å². The molecule has 1 saturated heterocycles. The van der Waals surface area contributed by atoms with Gasteiger partial charge in [0.1, 0.15) is 0 Å². The number of rotatable bonds is 6. The van der Waals surface area contributed by atoms with Gasteiger partial charge in [0.2, 0.25) is 0 Å². The van der Waals surface area contributed by atoms with Crippen LogP contribution in [0.5, 0.6) is 0 Å². The second-order valence-electron chi connectivity index (χ2n) is 4.71. The Morgan fingerprint density at radius 3 is 2.93 bits per heavy atom. The van der Waals surface area contributed by atoms with Gasteiger partial charge in [-0.15, -0.1) is 0 Å². The minimum Gasteiger partial charge on any atom is -0.395 e. The number of likely N-dealkylation sites (tertiary alicyclic amines) is 1. The molecule has 1 fully saturated rings. The maximum Gasteiger partial charge on any atom is 0.0583 e. The second-order valence-corrected chi connectivity index (χ2v) is 4.71. The van der Waals surface area contributed by atoms with Gasteiger partial charge in [0, 0.05) is 12.1 Å². The monoisotopic (exact) mass is 214 g/mol. The molecule has 3 nitrogen and oxygen atoms in total. The predicted molar refractivity (Wildman–Crippen MR) is 63.8 cm³/mol. The van der Waals surface area contributed by atoms with Crippen LogP contribution in [-0.4, -0.2) is 41.8 Å². The lowest BCUT2D eigenvalue weighted by Gasteiger charge is -2.36. The van der Waals surface area contributed by atoms with E-state index in [2.05, 4.69) is 11.8 Å². The molecule has 0 aromatic heterocycles. The molecule has 3 N–H and O–H groups in total. The van der Waals surface area contributed by atoms with Gasteiger partial charge in [0.25, 0.3) is 0 Å². The van der Waals surface area contributed by atoms with Crippen LogP contribution in [0.4, 0.5) is 0 Å². The van der Waals surface area contributed by atoms with Gasteiger partial charge in [0.15, 0.2) is 0 Å². The van der Waals surface area contributed by atoms with E-state index in [1.54, 1.807) is 0 Å². The summed E-state index contributed by atoms with van der Waals surface area (Å²) in [4.78, 5) is 2.57. The van der Waals surface area contributed by atoms with Crippen LogP contribution in [0.1, 0.15) is 45.4 Å². The first-order valence-corrected chi connectivity index (χ1v) is 6.38. The van der Waals surface area contributed by atoms with Crippen molar-refractivity contribution < 1.29 is 5.11 Å². The number of hydrogen-bond acceptors (Lipinski definition) is 3. The number of hydrogen-bond donors (Lipinski definition) is 2. The smallest absolute Gasteiger partial charge is 0.0583 e. The van der Waals surface area contributed by atoms with Crippen molar-refractivity contribution in [1.29, 1.82) is 0 Å². The minimum absolute atomic E-state index is 0.0331. The third kappa shape index (κ3) is 4.49. The molecular weight excluding hydrogens is 188 g/mol. The van der Waals surface area contributed by atoms with Crippen molar-refractivity contribution in [1.82, 2.24) is 4.90 Å². The summed E-state index contributed by atoms with van der Waals surface area (Å²) in [6.07, 6.45) is 7.57.